The number of nitrogens with zero attached hydrogens (tertiary/aromatic N) is 4. The number of hydrogen-bond donors (Lipinski definition) is 12. The monoisotopic (exact) mass is 1080 g/mol. The van der Waals surface area contributed by atoms with Crippen LogP contribution in [0.1, 0.15) is 154 Å². The molecule has 0 spiro atoms. The van der Waals surface area contributed by atoms with Crippen LogP contribution in [0.3, 0.4) is 0 Å². The predicted molar refractivity (Wildman–Crippen MR) is 309 cm³/mol. The zero-order chi connectivity index (χ0) is 56.0. The lowest BCUT2D eigenvalue weighted by atomic mass is 10.2. The molecule has 76 heavy (non-hydrogen) atoms. The van der Waals surface area contributed by atoms with Gasteiger partial charge in [0.2, 0.25) is 35.4 Å². The van der Waals surface area contributed by atoms with Crippen LogP contribution in [0.4, 0.5) is 0 Å². The molecule has 0 bridgehead atoms. The van der Waals surface area contributed by atoms with Gasteiger partial charge in [-0.3, -0.25) is 33.7 Å². The minimum absolute atomic E-state index is 0.0383. The number of nitrogens with one attached hydrogen (secondary N) is 6. The van der Waals surface area contributed by atoms with Crippen LogP contribution in [0.25, 0.3) is 0 Å². The number of carbonyl (C=O) groups is 6. The number of amides is 6. The van der Waals surface area contributed by atoms with Gasteiger partial charge in [0.15, 0.2) is 0 Å². The van der Waals surface area contributed by atoms with Gasteiger partial charge in [-0.2, -0.15) is 0 Å². The van der Waals surface area contributed by atoms with Gasteiger partial charge in [-0.1, -0.05) is 38.5 Å². The molecule has 0 fully saturated rings. The van der Waals surface area contributed by atoms with Crippen LogP contribution in [-0.2, 0) is 28.8 Å². The second-order valence-corrected chi connectivity index (χ2v) is 20.1. The van der Waals surface area contributed by atoms with E-state index in [-0.39, 0.29) is 74.0 Å². The first kappa shape index (κ1) is 72.4. The molecule has 6 amide bonds. The van der Waals surface area contributed by atoms with Crippen molar-refractivity contribution in [3.8, 4) is 0 Å². The van der Waals surface area contributed by atoms with E-state index in [4.69, 9.17) is 34.4 Å². The topological polar surface area (TPSA) is 344 Å². The number of hydrogen-bond acceptors (Lipinski definition) is 16. The molecule has 446 valence electrons. The number of rotatable bonds is 57. The normalized spacial score (nSPS) is 11.4. The quantitative estimate of drug-likeness (QED) is 0.0357. The second kappa shape index (κ2) is 54.8. The molecule has 0 heterocycles. The third-order valence-corrected chi connectivity index (χ3v) is 13.3. The second-order valence-electron chi connectivity index (χ2n) is 20.1. The molecule has 18 N–H and O–H groups in total. The molecule has 0 aromatic rings. The molecule has 22 nitrogen and oxygen atoms in total. The number of carbonyl (C=O) groups excluding carboxylic acids is 6. The maximum atomic E-state index is 13.1. The number of unbranched alkanes of at least 4 members (excludes halogenated alkanes) is 12. The van der Waals surface area contributed by atoms with Crippen molar-refractivity contribution < 1.29 is 28.8 Å². The highest BCUT2D eigenvalue weighted by atomic mass is 16.2. The van der Waals surface area contributed by atoms with Gasteiger partial charge in [0.1, 0.15) is 0 Å². The van der Waals surface area contributed by atoms with Crippen molar-refractivity contribution in [3.63, 3.8) is 0 Å². The molecule has 0 radical (unpaired) electrons. The molecule has 0 atom stereocenters. The molecule has 0 saturated heterocycles. The Morgan fingerprint density at radius 1 is 0.211 bits per heavy atom. The van der Waals surface area contributed by atoms with Gasteiger partial charge in [-0.15, -0.1) is 0 Å². The maximum absolute atomic E-state index is 13.1. The van der Waals surface area contributed by atoms with E-state index in [2.05, 4.69) is 51.5 Å². The summed E-state index contributed by atoms with van der Waals surface area (Å²) in [5, 5.41) is 18.3. The van der Waals surface area contributed by atoms with Crippen LogP contribution in [-0.4, -0.2) is 212 Å². The Bertz CT molecular complexity index is 1170. The summed E-state index contributed by atoms with van der Waals surface area (Å²) in [7, 11) is 0. The number of nitrogens with two attached hydrogens (primary N) is 6. The molecular weight excluding hydrogens is 969 g/mol. The van der Waals surface area contributed by atoms with Crippen molar-refractivity contribution in [2.45, 2.75) is 154 Å². The van der Waals surface area contributed by atoms with Crippen LogP contribution < -0.4 is 66.3 Å². The average Bonchev–Trinajstić information content (AvgIpc) is 3.41. The van der Waals surface area contributed by atoms with Crippen molar-refractivity contribution in [2.75, 3.05) is 157 Å². The Labute approximate surface area is 459 Å². The zero-order valence-corrected chi connectivity index (χ0v) is 47.6. The van der Waals surface area contributed by atoms with Crippen LogP contribution in [0.15, 0.2) is 0 Å². The SMILES string of the molecule is NCCCCCNC(=O)CCN(CCC(=O)NCCCCCN)CCN(CCN(CCC(=O)NCCCCCN)CCC(=O)NCCCCCN)CCN(CCC(=O)NCCCCCN)CCC(=O)NCCCCCN. The third kappa shape index (κ3) is 48.8. The molecule has 0 rings (SSSR count). The Hall–Kier alpha value is -3.58. The maximum Gasteiger partial charge on any atom is 0.221 e. The van der Waals surface area contributed by atoms with E-state index in [9.17, 15) is 28.8 Å². The fourth-order valence-electron chi connectivity index (χ4n) is 8.32. The molecule has 0 unspecified atom stereocenters. The largest absolute Gasteiger partial charge is 0.356 e. The van der Waals surface area contributed by atoms with Gasteiger partial charge in [-0.05, 0) is 116 Å². The van der Waals surface area contributed by atoms with Gasteiger partial charge in [0.05, 0.1) is 0 Å². The van der Waals surface area contributed by atoms with E-state index in [0.29, 0.717) is 157 Å². The van der Waals surface area contributed by atoms with Crippen LogP contribution >= 0.6 is 0 Å². The summed E-state index contributed by atoms with van der Waals surface area (Å²) in [4.78, 5) is 87.3. The first-order valence-electron chi connectivity index (χ1n) is 29.7. The Kier molecular flexibility index (Phi) is 52.2. The van der Waals surface area contributed by atoms with E-state index in [1.165, 1.54) is 0 Å². The van der Waals surface area contributed by atoms with E-state index >= 15 is 0 Å². The summed E-state index contributed by atoms with van der Waals surface area (Å²) in [5.41, 5.74) is 34.0. The molecule has 0 saturated carbocycles. The van der Waals surface area contributed by atoms with Crippen molar-refractivity contribution in [3.05, 3.63) is 0 Å². The third-order valence-electron chi connectivity index (χ3n) is 13.3. The molecule has 0 aromatic heterocycles. The summed E-state index contributed by atoms with van der Waals surface area (Å²) in [6.07, 6.45) is 18.1. The fourth-order valence-corrected chi connectivity index (χ4v) is 8.32. The lowest BCUT2D eigenvalue weighted by molar-refractivity contribution is -0.123. The highest BCUT2D eigenvalue weighted by molar-refractivity contribution is 5.78. The lowest BCUT2D eigenvalue weighted by Crippen LogP contribution is -2.45. The summed E-state index contributed by atoms with van der Waals surface area (Å²) in [6, 6.07) is 0. The Balaban J connectivity index is 6.55. The van der Waals surface area contributed by atoms with E-state index in [1.54, 1.807) is 0 Å². The van der Waals surface area contributed by atoms with Gasteiger partial charge >= 0.3 is 0 Å². The predicted octanol–water partition coefficient (Wildman–Crippen LogP) is 0.00620. The highest BCUT2D eigenvalue weighted by Crippen LogP contribution is 2.06. The molecule has 0 aliphatic carbocycles. The van der Waals surface area contributed by atoms with E-state index in [1.807, 2.05) is 0 Å². The first-order chi connectivity index (χ1) is 37.0. The van der Waals surface area contributed by atoms with Crippen LogP contribution in [0.2, 0.25) is 0 Å². The van der Waals surface area contributed by atoms with Crippen molar-refractivity contribution in [1.29, 1.82) is 0 Å². The molecule has 0 aliphatic rings. The van der Waals surface area contributed by atoms with Gasteiger partial charge in [0, 0.05) is 156 Å². The van der Waals surface area contributed by atoms with Crippen molar-refractivity contribution >= 4 is 35.4 Å². The van der Waals surface area contributed by atoms with Crippen LogP contribution in [0, 0.1) is 0 Å². The zero-order valence-electron chi connectivity index (χ0n) is 47.6. The average molecular weight is 1080 g/mol. The molecule has 0 aromatic carbocycles. The van der Waals surface area contributed by atoms with Gasteiger partial charge in [-0.25, -0.2) is 0 Å². The van der Waals surface area contributed by atoms with Crippen molar-refractivity contribution in [1.82, 2.24) is 51.5 Å². The Morgan fingerprint density at radius 3 is 0.500 bits per heavy atom. The minimum atomic E-state index is -0.0383. The van der Waals surface area contributed by atoms with Gasteiger partial charge < -0.3 is 81.0 Å². The minimum Gasteiger partial charge on any atom is -0.356 e. The molecular formula is C54H114N16O6. The first-order valence-corrected chi connectivity index (χ1v) is 29.7. The molecule has 22 heteroatoms. The summed E-state index contributed by atoms with van der Waals surface area (Å²) in [6.45, 7) is 13.6. The van der Waals surface area contributed by atoms with E-state index < -0.39 is 0 Å². The molecule has 0 aliphatic heterocycles. The van der Waals surface area contributed by atoms with Gasteiger partial charge in [0.25, 0.3) is 0 Å². The smallest absolute Gasteiger partial charge is 0.221 e. The van der Waals surface area contributed by atoms with Crippen LogP contribution in [0.5, 0.6) is 0 Å². The summed E-state index contributed by atoms with van der Waals surface area (Å²) < 4.78 is 0. The van der Waals surface area contributed by atoms with Crippen molar-refractivity contribution in [2.24, 2.45) is 34.4 Å². The Morgan fingerprint density at radius 2 is 0.355 bits per heavy atom. The fraction of sp³-hybridized carbons (Fsp3) is 0.889. The standard InChI is InChI=1S/C54H114N16O6/c55-25-7-1-13-31-61-49(71)19-37-67(38-20-50(72)62-32-14-2-8-26-56)43-46-70(47-44-68(39-21-51(73)63-33-15-3-9-27-57)40-22-52(74)64-34-16-4-10-28-58)48-45-69(41-23-53(75)65-35-17-5-11-29-59)42-24-54(76)66-36-18-6-12-30-60/h1-48,55-60H2,(H,61,71)(H,62,72)(H,63,73)(H,64,74)(H,65,75)(H,66,76). The summed E-state index contributed by atoms with van der Waals surface area (Å²) >= 11 is 0. The lowest BCUT2D eigenvalue weighted by Gasteiger charge is -2.32. The van der Waals surface area contributed by atoms with E-state index in [0.717, 1.165) is 116 Å². The highest BCUT2D eigenvalue weighted by Gasteiger charge is 2.19. The summed E-state index contributed by atoms with van der Waals surface area (Å²) in [5.74, 6) is -0.230.